The molecule has 5 nitrogen and oxygen atoms in total. The van der Waals surface area contributed by atoms with Gasteiger partial charge in [0.25, 0.3) is 0 Å². The van der Waals surface area contributed by atoms with Gasteiger partial charge in [0.1, 0.15) is 5.58 Å². The van der Waals surface area contributed by atoms with Gasteiger partial charge in [-0.2, -0.15) is 0 Å². The molecule has 0 N–H and O–H groups in total. The van der Waals surface area contributed by atoms with Gasteiger partial charge in [-0.1, -0.05) is 99.0 Å². The zero-order valence-corrected chi connectivity index (χ0v) is 32.0. The first kappa shape index (κ1) is 34.2. The summed E-state index contributed by atoms with van der Waals surface area (Å²) in [4.78, 5) is 14.2. The van der Waals surface area contributed by atoms with Crippen molar-refractivity contribution in [2.75, 3.05) is 0 Å². The summed E-state index contributed by atoms with van der Waals surface area (Å²) < 4.78 is 8.67. The van der Waals surface area contributed by atoms with Crippen molar-refractivity contribution < 1.29 is 24.5 Å². The monoisotopic (exact) mass is 835 g/mol. The van der Waals surface area contributed by atoms with Crippen molar-refractivity contribution in [3.8, 4) is 28.3 Å². The summed E-state index contributed by atoms with van der Waals surface area (Å²) in [5, 5.41) is 3.59. The largest absolute Gasteiger partial charge is 0.501 e. The topological polar surface area (TPSA) is 56.7 Å². The molecule has 0 spiro atoms. The second kappa shape index (κ2) is 13.7. The number of nitrogens with zero attached hydrogens (tertiary/aromatic N) is 4. The molecule has 0 aliphatic heterocycles. The van der Waals surface area contributed by atoms with E-state index in [-0.39, 0.29) is 25.5 Å². The molecule has 0 fully saturated rings. The summed E-state index contributed by atoms with van der Waals surface area (Å²) in [7, 11) is -1.47. The van der Waals surface area contributed by atoms with Crippen LogP contribution in [-0.2, 0) is 25.5 Å². The van der Waals surface area contributed by atoms with Gasteiger partial charge in [-0.05, 0) is 47.0 Å². The molecule has 0 saturated carbocycles. The standard InChI is InChI=1S/C31H30N3OSi.C11H8N.Ir/c1-31(2,3)20-17-26-30(32-19-20)34(21-11-8-7-9-12-21)29(33-26)25-14-10-13-24-23-16-15-22(36(4,5)6)18-27(23)35-28(24)25;1-2-6-10(7-3-1)11-8-4-5-9-12-11;/h7-13,15-19H,1-6H3;1-6,8-9H;/q2*-1;. The molecule has 4 aromatic heterocycles. The van der Waals surface area contributed by atoms with Crippen LogP contribution in [0.25, 0.3) is 61.4 Å². The Morgan fingerprint density at radius 1 is 0.755 bits per heavy atom. The summed E-state index contributed by atoms with van der Waals surface area (Å²) in [6.45, 7) is 13.7. The SMILES string of the molecule is CC(C)(C)c1cnc2c(c1)nc(-c1[c-]ccc3c1oc1cc([Si](C)(C)C)ccc13)n2-c1ccccc1.[Ir].[c-]1ccccc1-c1ccccn1. The van der Waals surface area contributed by atoms with E-state index in [1.807, 2.05) is 72.9 Å². The van der Waals surface area contributed by atoms with Gasteiger partial charge in [-0.3, -0.25) is 4.98 Å². The van der Waals surface area contributed by atoms with Gasteiger partial charge in [0.15, 0.2) is 5.65 Å². The quantitative estimate of drug-likeness (QED) is 0.131. The maximum Gasteiger partial charge on any atom is 0.155 e. The van der Waals surface area contributed by atoms with E-state index >= 15 is 0 Å². The Bertz CT molecular complexity index is 2320. The van der Waals surface area contributed by atoms with Crippen molar-refractivity contribution >= 4 is 46.4 Å². The van der Waals surface area contributed by atoms with Crippen LogP contribution in [0.3, 0.4) is 0 Å². The fourth-order valence-corrected chi connectivity index (χ4v) is 6.96. The van der Waals surface area contributed by atoms with Gasteiger partial charge in [0.2, 0.25) is 0 Å². The van der Waals surface area contributed by atoms with Gasteiger partial charge in [-0.15, -0.1) is 54.1 Å². The number of rotatable bonds is 4. The van der Waals surface area contributed by atoms with Crippen molar-refractivity contribution in [3.05, 3.63) is 139 Å². The molecular formula is C42H38IrN4OSi-2. The first-order valence-corrected chi connectivity index (χ1v) is 19.8. The van der Waals surface area contributed by atoms with Crippen molar-refractivity contribution in [3.63, 3.8) is 0 Å². The van der Waals surface area contributed by atoms with E-state index in [1.54, 1.807) is 6.20 Å². The normalized spacial score (nSPS) is 11.7. The Balaban J connectivity index is 0.000000270. The molecule has 247 valence electrons. The maximum absolute atomic E-state index is 6.56. The molecule has 8 rings (SSSR count). The molecule has 4 aromatic carbocycles. The van der Waals surface area contributed by atoms with Gasteiger partial charge in [-0.25, -0.2) is 4.98 Å². The van der Waals surface area contributed by atoms with Gasteiger partial charge in [0.05, 0.1) is 25.0 Å². The number of hydrogen-bond acceptors (Lipinski definition) is 4. The Morgan fingerprint density at radius 2 is 1.53 bits per heavy atom. The number of benzene rings is 4. The van der Waals surface area contributed by atoms with E-state index in [0.717, 1.165) is 67.0 Å². The Morgan fingerprint density at radius 3 is 2.22 bits per heavy atom. The summed E-state index contributed by atoms with van der Waals surface area (Å²) >= 11 is 0. The van der Waals surface area contributed by atoms with Crippen molar-refractivity contribution in [2.24, 2.45) is 0 Å². The third kappa shape index (κ3) is 6.93. The summed E-state index contributed by atoms with van der Waals surface area (Å²) in [6.07, 6.45) is 3.76. The van der Waals surface area contributed by atoms with Crippen LogP contribution in [0.1, 0.15) is 26.3 Å². The Kier molecular flexibility index (Phi) is 9.54. The average Bonchev–Trinajstić information content (AvgIpc) is 3.67. The molecule has 0 amide bonds. The minimum Gasteiger partial charge on any atom is -0.501 e. The zero-order valence-electron chi connectivity index (χ0n) is 28.6. The smallest absolute Gasteiger partial charge is 0.155 e. The van der Waals surface area contributed by atoms with Crippen LogP contribution in [0.4, 0.5) is 0 Å². The average molecular weight is 835 g/mol. The minimum atomic E-state index is -1.47. The molecule has 0 aliphatic carbocycles. The number of hydrogen-bond donors (Lipinski definition) is 0. The number of imidazole rings is 1. The van der Waals surface area contributed by atoms with Crippen LogP contribution in [0.15, 0.2) is 126 Å². The Labute approximate surface area is 302 Å². The molecule has 7 heteroatoms. The molecule has 0 atom stereocenters. The van der Waals surface area contributed by atoms with Gasteiger partial charge in [0, 0.05) is 43.6 Å². The Hall–Kier alpha value is -4.68. The maximum atomic E-state index is 6.56. The van der Waals surface area contributed by atoms with Crippen molar-refractivity contribution in [2.45, 2.75) is 45.8 Å². The minimum absolute atomic E-state index is 0. The zero-order chi connectivity index (χ0) is 33.5. The molecule has 4 heterocycles. The predicted octanol–water partition coefficient (Wildman–Crippen LogP) is 10.2. The number of para-hydroxylation sites is 1. The van der Waals surface area contributed by atoms with Crippen LogP contribution in [0, 0.1) is 12.1 Å². The molecule has 0 saturated heterocycles. The van der Waals surface area contributed by atoms with Crippen LogP contribution in [0.2, 0.25) is 19.6 Å². The summed E-state index contributed by atoms with van der Waals surface area (Å²) in [6, 6.07) is 43.5. The third-order valence-electron chi connectivity index (χ3n) is 8.55. The molecular weight excluding hydrogens is 797 g/mol. The number of furan rings is 1. The molecule has 49 heavy (non-hydrogen) atoms. The van der Waals surface area contributed by atoms with Crippen LogP contribution >= 0.6 is 0 Å². The third-order valence-corrected chi connectivity index (χ3v) is 10.6. The predicted molar refractivity (Wildman–Crippen MR) is 201 cm³/mol. The van der Waals surface area contributed by atoms with E-state index in [0.29, 0.717) is 0 Å². The second-order valence-corrected chi connectivity index (χ2v) is 19.2. The molecule has 0 unspecified atom stereocenters. The molecule has 0 aliphatic rings. The van der Waals surface area contributed by atoms with Crippen LogP contribution < -0.4 is 5.19 Å². The number of aromatic nitrogens is 4. The molecule has 1 radical (unpaired) electrons. The van der Waals surface area contributed by atoms with E-state index < -0.39 is 8.07 Å². The molecule has 0 bridgehead atoms. The fourth-order valence-electron chi connectivity index (χ4n) is 5.81. The van der Waals surface area contributed by atoms with E-state index in [2.05, 4.69) is 105 Å². The second-order valence-electron chi connectivity index (χ2n) is 14.1. The van der Waals surface area contributed by atoms with E-state index in [1.165, 1.54) is 5.19 Å². The summed E-state index contributed by atoms with van der Waals surface area (Å²) in [5.74, 6) is 0.782. The van der Waals surface area contributed by atoms with E-state index in [9.17, 15) is 0 Å². The van der Waals surface area contributed by atoms with E-state index in [4.69, 9.17) is 14.4 Å². The number of fused-ring (bicyclic) bond motifs is 4. The first-order chi connectivity index (χ1) is 23.1. The number of pyridine rings is 2. The summed E-state index contributed by atoms with van der Waals surface area (Å²) in [5.41, 5.74) is 8.42. The van der Waals surface area contributed by atoms with Crippen molar-refractivity contribution in [1.29, 1.82) is 0 Å². The molecule has 8 aromatic rings. The van der Waals surface area contributed by atoms with Crippen molar-refractivity contribution in [1.82, 2.24) is 19.5 Å². The van der Waals surface area contributed by atoms with Gasteiger partial charge >= 0.3 is 0 Å². The fraction of sp³-hybridized carbons (Fsp3) is 0.167. The van der Waals surface area contributed by atoms with Gasteiger partial charge < -0.3 is 14.0 Å². The van der Waals surface area contributed by atoms with Crippen LogP contribution in [-0.4, -0.2) is 27.6 Å². The van der Waals surface area contributed by atoms with Crippen LogP contribution in [0.5, 0.6) is 0 Å². The first-order valence-electron chi connectivity index (χ1n) is 16.3.